The Bertz CT molecular complexity index is 374. The summed E-state index contributed by atoms with van der Waals surface area (Å²) in [6.45, 7) is 7.65. The van der Waals surface area contributed by atoms with Gasteiger partial charge in [-0.15, -0.1) is 0 Å². The number of hydrogen-bond donors (Lipinski definition) is 0. The molecule has 0 heterocycles. The van der Waals surface area contributed by atoms with E-state index in [1.165, 1.54) is 14.2 Å². The molecule has 4 heteroatoms. The molecule has 0 saturated carbocycles. The van der Waals surface area contributed by atoms with Gasteiger partial charge in [0.25, 0.3) is 0 Å². The number of carbonyl (C=O) groups excluding carboxylic acids is 2. The normalized spacial score (nSPS) is 21.3. The predicted molar refractivity (Wildman–Crippen MR) is 63.2 cm³/mol. The molecular weight excluding hydrogens is 220 g/mol. The van der Waals surface area contributed by atoms with Crippen LogP contribution in [0.5, 0.6) is 0 Å². The van der Waals surface area contributed by atoms with E-state index in [2.05, 4.69) is 0 Å². The highest BCUT2D eigenvalue weighted by molar-refractivity contribution is 6.02. The van der Waals surface area contributed by atoms with E-state index in [0.717, 1.165) is 11.1 Å². The Morgan fingerprint density at radius 2 is 1.47 bits per heavy atom. The molecular formula is C13H20O4. The molecule has 1 aliphatic carbocycles. The van der Waals surface area contributed by atoms with E-state index >= 15 is 0 Å². The number of carbonyl (C=O) groups is 2. The van der Waals surface area contributed by atoms with Gasteiger partial charge in [-0.2, -0.15) is 0 Å². The van der Waals surface area contributed by atoms with Crippen LogP contribution in [0.4, 0.5) is 0 Å². The van der Waals surface area contributed by atoms with E-state index in [1.54, 1.807) is 0 Å². The second-order valence-corrected chi connectivity index (χ2v) is 5.10. The molecule has 0 aromatic carbocycles. The molecule has 4 nitrogen and oxygen atoms in total. The molecule has 0 amide bonds. The molecule has 0 bridgehead atoms. The van der Waals surface area contributed by atoms with Gasteiger partial charge in [0.1, 0.15) is 0 Å². The maximum atomic E-state index is 12.1. The van der Waals surface area contributed by atoms with Gasteiger partial charge in [0.15, 0.2) is 5.41 Å². The van der Waals surface area contributed by atoms with Crippen molar-refractivity contribution in [2.75, 3.05) is 14.2 Å². The first kappa shape index (κ1) is 13.7. The van der Waals surface area contributed by atoms with E-state index in [-0.39, 0.29) is 0 Å². The van der Waals surface area contributed by atoms with Crippen LogP contribution in [0.1, 0.15) is 34.1 Å². The Kier molecular flexibility index (Phi) is 3.37. The van der Waals surface area contributed by atoms with Crippen molar-refractivity contribution in [3.05, 3.63) is 11.1 Å². The molecule has 0 radical (unpaired) electrons. The number of methoxy groups -OCH3 is 2. The van der Waals surface area contributed by atoms with Crippen LogP contribution >= 0.6 is 0 Å². The van der Waals surface area contributed by atoms with Gasteiger partial charge in [0.05, 0.1) is 14.2 Å². The van der Waals surface area contributed by atoms with Crippen molar-refractivity contribution in [1.29, 1.82) is 0 Å². The maximum absolute atomic E-state index is 12.1. The van der Waals surface area contributed by atoms with Gasteiger partial charge in [-0.1, -0.05) is 25.0 Å². The number of ether oxygens (including phenoxy) is 2. The van der Waals surface area contributed by atoms with Crippen LogP contribution in [0.2, 0.25) is 0 Å². The molecule has 0 spiro atoms. The average Bonchev–Trinajstić information content (AvgIpc) is 2.48. The maximum Gasteiger partial charge on any atom is 0.324 e. The number of esters is 2. The summed E-state index contributed by atoms with van der Waals surface area (Å²) in [5, 5.41) is 0. The Hall–Kier alpha value is -1.32. The van der Waals surface area contributed by atoms with Crippen LogP contribution in [0.25, 0.3) is 0 Å². The van der Waals surface area contributed by atoms with Crippen molar-refractivity contribution < 1.29 is 19.1 Å². The van der Waals surface area contributed by atoms with Crippen LogP contribution in [-0.2, 0) is 19.1 Å². The number of hydrogen-bond acceptors (Lipinski definition) is 4. The third kappa shape index (κ3) is 1.58. The Morgan fingerprint density at radius 3 is 1.71 bits per heavy atom. The minimum absolute atomic E-state index is 0.366. The highest BCUT2D eigenvalue weighted by Crippen LogP contribution is 2.56. The number of allylic oxidation sites excluding steroid dienone is 2. The summed E-state index contributed by atoms with van der Waals surface area (Å²) < 4.78 is 9.65. The SMILES string of the molecule is COC(=O)C1(C(=O)OC)CC(C)=C(C)C1(C)C. The summed E-state index contributed by atoms with van der Waals surface area (Å²) in [7, 11) is 2.60. The summed E-state index contributed by atoms with van der Waals surface area (Å²) in [6, 6.07) is 0. The molecule has 0 atom stereocenters. The molecule has 0 unspecified atom stereocenters. The van der Waals surface area contributed by atoms with Crippen LogP contribution in [-0.4, -0.2) is 26.2 Å². The topological polar surface area (TPSA) is 52.6 Å². The van der Waals surface area contributed by atoms with Gasteiger partial charge >= 0.3 is 11.9 Å². The van der Waals surface area contributed by atoms with E-state index in [9.17, 15) is 9.59 Å². The molecule has 0 fully saturated rings. The lowest BCUT2D eigenvalue weighted by molar-refractivity contribution is -0.175. The quantitative estimate of drug-likeness (QED) is 0.421. The van der Waals surface area contributed by atoms with E-state index < -0.39 is 22.8 Å². The summed E-state index contributed by atoms with van der Waals surface area (Å²) in [6.07, 6.45) is 0.366. The molecule has 0 N–H and O–H groups in total. The molecule has 0 saturated heterocycles. The van der Waals surface area contributed by atoms with Crippen molar-refractivity contribution in [3.8, 4) is 0 Å². The molecule has 0 aliphatic heterocycles. The third-order valence-corrected chi connectivity index (χ3v) is 4.24. The molecule has 0 aromatic heterocycles. The molecule has 17 heavy (non-hydrogen) atoms. The molecule has 1 rings (SSSR count). The van der Waals surface area contributed by atoms with Crippen LogP contribution in [0.15, 0.2) is 11.1 Å². The Balaban J connectivity index is 3.40. The Labute approximate surface area is 102 Å². The van der Waals surface area contributed by atoms with Crippen LogP contribution in [0, 0.1) is 10.8 Å². The van der Waals surface area contributed by atoms with Crippen molar-refractivity contribution in [2.45, 2.75) is 34.1 Å². The second-order valence-electron chi connectivity index (χ2n) is 5.10. The van der Waals surface area contributed by atoms with Crippen molar-refractivity contribution in [3.63, 3.8) is 0 Å². The summed E-state index contributed by atoms with van der Waals surface area (Å²) >= 11 is 0. The molecule has 1 aliphatic rings. The van der Waals surface area contributed by atoms with Gasteiger partial charge < -0.3 is 9.47 Å². The third-order valence-electron chi connectivity index (χ3n) is 4.24. The van der Waals surface area contributed by atoms with Gasteiger partial charge in [0.2, 0.25) is 0 Å². The monoisotopic (exact) mass is 240 g/mol. The molecule has 96 valence electrons. The zero-order valence-corrected chi connectivity index (χ0v) is 11.3. The highest BCUT2D eigenvalue weighted by Gasteiger charge is 2.63. The first-order valence-electron chi connectivity index (χ1n) is 5.59. The second kappa shape index (κ2) is 4.17. The molecule has 0 aromatic rings. The van der Waals surface area contributed by atoms with Gasteiger partial charge in [-0.3, -0.25) is 9.59 Å². The fraction of sp³-hybridized carbons (Fsp3) is 0.692. The zero-order valence-electron chi connectivity index (χ0n) is 11.3. The largest absolute Gasteiger partial charge is 0.468 e. The average molecular weight is 240 g/mol. The van der Waals surface area contributed by atoms with E-state index in [4.69, 9.17) is 9.47 Å². The smallest absolute Gasteiger partial charge is 0.324 e. The van der Waals surface area contributed by atoms with Crippen LogP contribution < -0.4 is 0 Å². The van der Waals surface area contributed by atoms with E-state index in [1.807, 2.05) is 27.7 Å². The fourth-order valence-corrected chi connectivity index (χ4v) is 2.69. The standard InChI is InChI=1S/C13H20O4/c1-8-7-13(10(14)16-5,11(15)17-6)12(3,4)9(8)2/h7H2,1-6H3. The van der Waals surface area contributed by atoms with Gasteiger partial charge in [0, 0.05) is 5.41 Å². The predicted octanol–water partition coefficient (Wildman–Crippen LogP) is 2.09. The number of rotatable bonds is 2. The summed E-state index contributed by atoms with van der Waals surface area (Å²) in [5.74, 6) is -1.05. The zero-order chi connectivity index (χ0) is 13.4. The Morgan fingerprint density at radius 1 is 1.06 bits per heavy atom. The van der Waals surface area contributed by atoms with E-state index in [0.29, 0.717) is 6.42 Å². The lowest BCUT2D eigenvalue weighted by Gasteiger charge is -2.37. The van der Waals surface area contributed by atoms with Crippen molar-refractivity contribution in [1.82, 2.24) is 0 Å². The fourth-order valence-electron chi connectivity index (χ4n) is 2.69. The summed E-state index contributed by atoms with van der Waals surface area (Å²) in [5.41, 5.74) is 0.265. The minimum atomic E-state index is -1.25. The first-order chi connectivity index (χ1) is 7.75. The minimum Gasteiger partial charge on any atom is -0.468 e. The summed E-state index contributed by atoms with van der Waals surface area (Å²) in [4.78, 5) is 24.2. The highest BCUT2D eigenvalue weighted by atomic mass is 16.5. The van der Waals surface area contributed by atoms with Crippen LogP contribution in [0.3, 0.4) is 0 Å². The lowest BCUT2D eigenvalue weighted by atomic mass is 9.65. The van der Waals surface area contributed by atoms with Gasteiger partial charge in [-0.25, -0.2) is 0 Å². The van der Waals surface area contributed by atoms with Crippen molar-refractivity contribution in [2.24, 2.45) is 10.8 Å². The van der Waals surface area contributed by atoms with Crippen molar-refractivity contribution >= 4 is 11.9 Å². The first-order valence-corrected chi connectivity index (χ1v) is 5.59. The lowest BCUT2D eigenvalue weighted by Crippen LogP contribution is -2.49. The van der Waals surface area contributed by atoms with Gasteiger partial charge in [-0.05, 0) is 20.3 Å².